The minimum absolute atomic E-state index is 0.0648. The summed E-state index contributed by atoms with van der Waals surface area (Å²) in [5.41, 5.74) is 2.00. The van der Waals surface area contributed by atoms with Crippen LogP contribution in [0.25, 0.3) is 10.8 Å². The van der Waals surface area contributed by atoms with Crippen LogP contribution in [-0.4, -0.2) is 46.2 Å². The maximum atomic E-state index is 14.2. The van der Waals surface area contributed by atoms with Gasteiger partial charge in [0.05, 0.1) is 0 Å². The molecule has 2 aliphatic heterocycles. The van der Waals surface area contributed by atoms with Gasteiger partial charge < -0.3 is 18.9 Å². The molecule has 0 spiro atoms. The van der Waals surface area contributed by atoms with E-state index in [4.69, 9.17) is 9.47 Å². The molecule has 1 amide bonds. The van der Waals surface area contributed by atoms with Gasteiger partial charge in [-0.15, -0.1) is 0 Å². The second-order valence-corrected chi connectivity index (χ2v) is 12.0. The van der Waals surface area contributed by atoms with Gasteiger partial charge in [-0.3, -0.25) is 9.59 Å². The number of aromatic nitrogens is 2. The number of hydrogen-bond donors (Lipinski definition) is 0. The number of benzene rings is 3. The van der Waals surface area contributed by atoms with Gasteiger partial charge in [-0.1, -0.05) is 85.6 Å². The SMILES string of the molecule is O=C1c2c(OCc3ccccc3)c(=O)nc(CC3(c4cccc5ccccc45)CCCC3)n2CCN1C1CCOCC1. The Morgan fingerprint density at radius 2 is 1.62 bits per heavy atom. The molecule has 7 heteroatoms. The monoisotopic (exact) mass is 563 g/mol. The first-order valence-electron chi connectivity index (χ1n) is 15.3. The van der Waals surface area contributed by atoms with Crippen molar-refractivity contribution in [3.63, 3.8) is 0 Å². The highest BCUT2D eigenvalue weighted by atomic mass is 16.5. The van der Waals surface area contributed by atoms with Gasteiger partial charge in [0.15, 0.2) is 5.69 Å². The van der Waals surface area contributed by atoms with E-state index in [-0.39, 0.29) is 29.7 Å². The third-order valence-corrected chi connectivity index (χ3v) is 9.53. The van der Waals surface area contributed by atoms with Crippen molar-refractivity contribution in [2.45, 2.75) is 69.6 Å². The molecule has 4 aromatic rings. The molecular formula is C35H37N3O4. The average Bonchev–Trinajstić information content (AvgIpc) is 3.51. The lowest BCUT2D eigenvalue weighted by molar-refractivity contribution is 0.0233. The predicted molar refractivity (Wildman–Crippen MR) is 162 cm³/mol. The Hall–Kier alpha value is -3.97. The molecule has 1 saturated carbocycles. The molecule has 1 aromatic heterocycles. The third-order valence-electron chi connectivity index (χ3n) is 9.53. The van der Waals surface area contributed by atoms with Crippen molar-refractivity contribution in [1.29, 1.82) is 0 Å². The topological polar surface area (TPSA) is 73.7 Å². The van der Waals surface area contributed by atoms with Crippen LogP contribution in [-0.2, 0) is 29.7 Å². The van der Waals surface area contributed by atoms with E-state index in [2.05, 4.69) is 47.4 Å². The summed E-state index contributed by atoms with van der Waals surface area (Å²) in [5.74, 6) is 0.620. The van der Waals surface area contributed by atoms with Gasteiger partial charge in [0.2, 0.25) is 5.75 Å². The maximum Gasteiger partial charge on any atom is 0.316 e. The fraction of sp³-hybridized carbons (Fsp3) is 0.400. The number of carbonyl (C=O) groups is 1. The molecule has 1 aliphatic carbocycles. The van der Waals surface area contributed by atoms with Crippen LogP contribution < -0.4 is 10.3 Å². The van der Waals surface area contributed by atoms with Crippen molar-refractivity contribution in [3.8, 4) is 5.75 Å². The normalized spacial score (nSPS) is 18.8. The molecule has 0 N–H and O–H groups in total. The Balaban J connectivity index is 1.31. The van der Waals surface area contributed by atoms with Crippen molar-refractivity contribution in [1.82, 2.24) is 14.5 Å². The van der Waals surface area contributed by atoms with Gasteiger partial charge in [-0.2, -0.15) is 4.98 Å². The lowest BCUT2D eigenvalue weighted by Crippen LogP contribution is -2.50. The highest BCUT2D eigenvalue weighted by Crippen LogP contribution is 2.46. The second-order valence-electron chi connectivity index (χ2n) is 12.0. The fourth-order valence-corrected chi connectivity index (χ4v) is 7.40. The van der Waals surface area contributed by atoms with Crippen LogP contribution in [0, 0.1) is 0 Å². The minimum Gasteiger partial charge on any atom is -0.481 e. The first-order valence-corrected chi connectivity index (χ1v) is 15.3. The highest BCUT2D eigenvalue weighted by Gasteiger charge is 2.41. The molecule has 2 fully saturated rings. The summed E-state index contributed by atoms with van der Waals surface area (Å²) in [6.45, 7) is 2.68. The number of fused-ring (bicyclic) bond motifs is 2. The van der Waals surface area contributed by atoms with Gasteiger partial charge in [-0.25, -0.2) is 0 Å². The zero-order valence-electron chi connectivity index (χ0n) is 24.0. The Kier molecular flexibility index (Phi) is 7.28. The lowest BCUT2D eigenvalue weighted by Gasteiger charge is -2.39. The number of amides is 1. The van der Waals surface area contributed by atoms with Crippen molar-refractivity contribution in [2.24, 2.45) is 0 Å². The summed E-state index contributed by atoms with van der Waals surface area (Å²) in [6, 6.07) is 24.9. The number of nitrogens with zero attached hydrogens (tertiary/aromatic N) is 3. The summed E-state index contributed by atoms with van der Waals surface area (Å²) in [5, 5.41) is 2.48. The molecule has 0 unspecified atom stereocenters. The molecule has 1 saturated heterocycles. The van der Waals surface area contributed by atoms with Crippen LogP contribution >= 0.6 is 0 Å². The standard InChI is InChI=1S/C35H37N3O4/c39-33-32(42-24-25-9-2-1-3-10-25)31-34(40)37(27-15-21-41-22-16-27)19-20-38(31)30(36-33)23-35(17-6-7-18-35)29-14-8-12-26-11-4-5-13-28(26)29/h1-5,8-14,27H,6-7,15-24H2. The molecule has 0 atom stereocenters. The number of rotatable bonds is 7. The predicted octanol–water partition coefficient (Wildman–Crippen LogP) is 5.66. The molecule has 3 aromatic carbocycles. The Morgan fingerprint density at radius 3 is 2.43 bits per heavy atom. The van der Waals surface area contributed by atoms with Gasteiger partial charge in [-0.05, 0) is 47.6 Å². The Labute approximate surface area is 246 Å². The van der Waals surface area contributed by atoms with Crippen molar-refractivity contribution >= 4 is 16.7 Å². The van der Waals surface area contributed by atoms with Crippen LogP contribution in [0.5, 0.6) is 5.75 Å². The quantitative estimate of drug-likeness (QED) is 0.290. The summed E-state index contributed by atoms with van der Waals surface area (Å²) in [6.07, 6.45) is 6.55. The molecule has 0 radical (unpaired) electrons. The van der Waals surface area contributed by atoms with E-state index in [9.17, 15) is 9.59 Å². The van der Waals surface area contributed by atoms with E-state index in [0.717, 1.165) is 44.1 Å². The van der Waals surface area contributed by atoms with E-state index >= 15 is 0 Å². The number of ether oxygens (including phenoxy) is 2. The van der Waals surface area contributed by atoms with Crippen molar-refractivity contribution in [2.75, 3.05) is 19.8 Å². The lowest BCUT2D eigenvalue weighted by atomic mass is 9.74. The van der Waals surface area contributed by atoms with Crippen LogP contribution in [0.4, 0.5) is 0 Å². The molecule has 3 heterocycles. The van der Waals surface area contributed by atoms with E-state index in [1.54, 1.807) is 0 Å². The summed E-state index contributed by atoms with van der Waals surface area (Å²) in [4.78, 5) is 34.6. The summed E-state index contributed by atoms with van der Waals surface area (Å²) >= 11 is 0. The van der Waals surface area contributed by atoms with Gasteiger partial charge in [0, 0.05) is 44.2 Å². The molecule has 42 heavy (non-hydrogen) atoms. The third kappa shape index (κ3) is 4.90. The molecular weight excluding hydrogens is 526 g/mol. The maximum absolute atomic E-state index is 14.2. The average molecular weight is 564 g/mol. The van der Waals surface area contributed by atoms with Crippen molar-refractivity contribution in [3.05, 3.63) is 106 Å². The molecule has 216 valence electrons. The van der Waals surface area contributed by atoms with Gasteiger partial charge >= 0.3 is 5.56 Å². The van der Waals surface area contributed by atoms with Crippen LogP contribution in [0.15, 0.2) is 77.6 Å². The first kappa shape index (κ1) is 26.9. The Bertz CT molecular complexity index is 1650. The van der Waals surface area contributed by atoms with Crippen LogP contribution in [0.2, 0.25) is 0 Å². The summed E-state index contributed by atoms with van der Waals surface area (Å²) in [7, 11) is 0. The fourth-order valence-electron chi connectivity index (χ4n) is 7.40. The van der Waals surface area contributed by atoms with Crippen LogP contribution in [0.1, 0.15) is 66.0 Å². The van der Waals surface area contributed by atoms with E-state index < -0.39 is 5.56 Å². The summed E-state index contributed by atoms with van der Waals surface area (Å²) < 4.78 is 13.7. The smallest absolute Gasteiger partial charge is 0.316 e. The minimum atomic E-state index is -0.458. The zero-order valence-corrected chi connectivity index (χ0v) is 24.0. The molecule has 7 rings (SSSR count). The highest BCUT2D eigenvalue weighted by molar-refractivity contribution is 5.96. The second kappa shape index (κ2) is 11.4. The molecule has 7 nitrogen and oxygen atoms in total. The largest absolute Gasteiger partial charge is 0.481 e. The van der Waals surface area contributed by atoms with Gasteiger partial charge in [0.25, 0.3) is 5.91 Å². The van der Waals surface area contributed by atoms with Gasteiger partial charge in [0.1, 0.15) is 12.4 Å². The number of carbonyl (C=O) groups excluding carboxylic acids is 1. The molecule has 3 aliphatic rings. The first-order chi connectivity index (χ1) is 20.6. The van der Waals surface area contributed by atoms with E-state index in [0.29, 0.717) is 44.2 Å². The number of hydrogen-bond acceptors (Lipinski definition) is 5. The van der Waals surface area contributed by atoms with E-state index in [1.807, 2.05) is 39.8 Å². The zero-order chi connectivity index (χ0) is 28.5. The van der Waals surface area contributed by atoms with E-state index in [1.165, 1.54) is 16.3 Å². The van der Waals surface area contributed by atoms with Crippen molar-refractivity contribution < 1.29 is 14.3 Å². The Morgan fingerprint density at radius 1 is 0.881 bits per heavy atom. The molecule has 0 bridgehead atoms. The van der Waals surface area contributed by atoms with Crippen LogP contribution in [0.3, 0.4) is 0 Å².